The molecule has 1 heterocycles. The molecule has 20 heavy (non-hydrogen) atoms. The molecule has 1 aliphatic heterocycles. The highest BCUT2D eigenvalue weighted by Gasteiger charge is 2.39. The molecule has 7 heteroatoms. The van der Waals surface area contributed by atoms with E-state index in [0.717, 1.165) is 4.90 Å². The molecule has 0 aliphatic carbocycles. The van der Waals surface area contributed by atoms with Crippen LogP contribution >= 0.6 is 11.6 Å². The first-order valence-corrected chi connectivity index (χ1v) is 6.26. The van der Waals surface area contributed by atoms with Crippen LogP contribution in [0.4, 0.5) is 4.39 Å². The summed E-state index contributed by atoms with van der Waals surface area (Å²) in [5.41, 5.74) is 0.625. The highest BCUT2D eigenvalue weighted by molar-refractivity contribution is 6.30. The lowest BCUT2D eigenvalue weighted by molar-refractivity contribution is -0.149. The molecular weight excluding hydrogens is 289 g/mol. The fourth-order valence-electron chi connectivity index (χ4n) is 2.16. The Labute approximate surface area is 118 Å². The lowest BCUT2D eigenvalue weighted by atomic mass is 9.98. The highest BCUT2D eigenvalue weighted by Crippen LogP contribution is 2.25. The van der Waals surface area contributed by atoms with Gasteiger partial charge in [-0.2, -0.15) is 0 Å². The second-order valence-electron chi connectivity index (χ2n) is 4.57. The molecule has 1 aromatic rings. The van der Waals surface area contributed by atoms with Crippen molar-refractivity contribution in [3.05, 3.63) is 34.6 Å². The zero-order valence-electron chi connectivity index (χ0n) is 10.3. The summed E-state index contributed by atoms with van der Waals surface area (Å²) in [5, 5.41) is 8.59. The van der Waals surface area contributed by atoms with Crippen molar-refractivity contribution >= 4 is 29.4 Å². The van der Waals surface area contributed by atoms with Gasteiger partial charge in [0.05, 0.1) is 10.9 Å². The van der Waals surface area contributed by atoms with Crippen molar-refractivity contribution in [3.63, 3.8) is 0 Å². The molecule has 5 nitrogen and oxygen atoms in total. The van der Waals surface area contributed by atoms with Gasteiger partial charge in [0.25, 0.3) is 0 Å². The van der Waals surface area contributed by atoms with E-state index in [1.54, 1.807) is 0 Å². The molecule has 0 saturated carbocycles. The van der Waals surface area contributed by atoms with Crippen molar-refractivity contribution in [2.45, 2.75) is 12.8 Å². The number of benzene rings is 1. The Balaban J connectivity index is 2.11. The second-order valence-corrected chi connectivity index (χ2v) is 4.97. The maximum atomic E-state index is 13.0. The van der Waals surface area contributed by atoms with Crippen molar-refractivity contribution < 1.29 is 23.9 Å². The predicted octanol–water partition coefficient (Wildman–Crippen LogP) is 1.48. The number of amides is 2. The van der Waals surface area contributed by atoms with E-state index in [9.17, 15) is 18.8 Å². The molecule has 1 N–H and O–H groups in total. The van der Waals surface area contributed by atoms with Gasteiger partial charge in [-0.15, -0.1) is 0 Å². The fraction of sp³-hybridized carbons (Fsp3) is 0.308. The third-order valence-corrected chi connectivity index (χ3v) is 3.39. The van der Waals surface area contributed by atoms with Gasteiger partial charge < -0.3 is 5.11 Å². The Kier molecular flexibility index (Phi) is 4.04. The minimum absolute atomic E-state index is 0.0406. The average molecular weight is 300 g/mol. The fourth-order valence-corrected chi connectivity index (χ4v) is 2.37. The number of carboxylic acids is 1. The summed E-state index contributed by atoms with van der Waals surface area (Å²) in [5.74, 6) is -3.44. The van der Waals surface area contributed by atoms with E-state index in [1.807, 2.05) is 0 Å². The molecule has 1 aliphatic rings. The van der Waals surface area contributed by atoms with Gasteiger partial charge in [0.1, 0.15) is 12.4 Å². The number of halogens is 2. The van der Waals surface area contributed by atoms with E-state index in [-0.39, 0.29) is 17.9 Å². The maximum absolute atomic E-state index is 13.0. The minimum atomic E-state index is -1.24. The normalized spacial score (nSPS) is 18.7. The van der Waals surface area contributed by atoms with E-state index in [1.165, 1.54) is 18.2 Å². The summed E-state index contributed by atoms with van der Waals surface area (Å²) >= 11 is 5.65. The lowest BCUT2D eigenvalue weighted by Crippen LogP contribution is -2.35. The molecule has 0 aromatic heterocycles. The van der Waals surface area contributed by atoms with Crippen LogP contribution in [0.25, 0.3) is 0 Å². The third kappa shape index (κ3) is 2.96. The number of likely N-dealkylation sites (tertiary alicyclic amines) is 1. The molecule has 0 spiro atoms. The minimum Gasteiger partial charge on any atom is -0.480 e. The molecular formula is C13H11ClFNO4. The van der Waals surface area contributed by atoms with Crippen molar-refractivity contribution in [3.8, 4) is 0 Å². The number of nitrogens with zero attached hydrogens (tertiary/aromatic N) is 1. The first kappa shape index (κ1) is 14.5. The molecule has 1 atom stereocenters. The van der Waals surface area contributed by atoms with Crippen molar-refractivity contribution in [1.82, 2.24) is 4.90 Å². The van der Waals surface area contributed by atoms with Gasteiger partial charge in [-0.25, -0.2) is 4.39 Å². The Morgan fingerprint density at radius 3 is 2.75 bits per heavy atom. The number of hydrogen-bond donors (Lipinski definition) is 1. The van der Waals surface area contributed by atoms with E-state index >= 15 is 0 Å². The zero-order valence-corrected chi connectivity index (χ0v) is 11.1. The van der Waals surface area contributed by atoms with Crippen LogP contribution < -0.4 is 0 Å². The summed E-state index contributed by atoms with van der Waals surface area (Å²) in [4.78, 5) is 34.9. The number of carboxylic acid groups (broad SMARTS) is 1. The van der Waals surface area contributed by atoms with E-state index < -0.39 is 36.1 Å². The van der Waals surface area contributed by atoms with Crippen LogP contribution in [0.1, 0.15) is 12.0 Å². The summed E-state index contributed by atoms with van der Waals surface area (Å²) in [6, 6.07) is 4.07. The summed E-state index contributed by atoms with van der Waals surface area (Å²) in [6.07, 6.45) is 0.182. The third-order valence-electron chi connectivity index (χ3n) is 3.10. The summed E-state index contributed by atoms with van der Waals surface area (Å²) in [6.45, 7) is -0.627. The lowest BCUT2D eigenvalue weighted by Gasteiger charge is -2.12. The molecule has 1 fully saturated rings. The predicted molar refractivity (Wildman–Crippen MR) is 67.6 cm³/mol. The largest absolute Gasteiger partial charge is 0.480 e. The Bertz CT molecular complexity index is 590. The average Bonchev–Trinajstić information content (AvgIpc) is 2.61. The molecule has 0 radical (unpaired) electrons. The smallest absolute Gasteiger partial charge is 0.323 e. The molecule has 106 valence electrons. The maximum Gasteiger partial charge on any atom is 0.323 e. The Morgan fingerprint density at radius 2 is 2.15 bits per heavy atom. The molecule has 1 saturated heterocycles. The van der Waals surface area contributed by atoms with E-state index in [0.29, 0.717) is 5.56 Å². The first-order chi connectivity index (χ1) is 9.38. The SMILES string of the molecule is O=C(O)CN1C(=O)CC(Cc2ccc(F)c(Cl)c2)C1=O. The molecule has 2 rings (SSSR count). The molecule has 0 bridgehead atoms. The Hall–Kier alpha value is -1.95. The van der Waals surface area contributed by atoms with Gasteiger partial charge in [-0.05, 0) is 24.1 Å². The summed E-state index contributed by atoms with van der Waals surface area (Å²) in [7, 11) is 0. The van der Waals surface area contributed by atoms with Crippen LogP contribution in [0.2, 0.25) is 5.02 Å². The number of aliphatic carboxylic acids is 1. The molecule has 2 amide bonds. The van der Waals surface area contributed by atoms with Gasteiger partial charge >= 0.3 is 5.97 Å². The second kappa shape index (κ2) is 5.58. The highest BCUT2D eigenvalue weighted by atomic mass is 35.5. The number of carbonyl (C=O) groups is 3. The number of hydrogen-bond acceptors (Lipinski definition) is 3. The monoisotopic (exact) mass is 299 g/mol. The number of carbonyl (C=O) groups excluding carboxylic acids is 2. The van der Waals surface area contributed by atoms with Gasteiger partial charge in [-0.3, -0.25) is 19.3 Å². The Morgan fingerprint density at radius 1 is 1.45 bits per heavy atom. The van der Waals surface area contributed by atoms with Crippen LogP contribution in [0.5, 0.6) is 0 Å². The zero-order chi connectivity index (χ0) is 14.9. The number of imide groups is 1. The van der Waals surface area contributed by atoms with Crippen molar-refractivity contribution in [2.75, 3.05) is 6.54 Å². The van der Waals surface area contributed by atoms with Gasteiger partial charge in [0.2, 0.25) is 11.8 Å². The van der Waals surface area contributed by atoms with Crippen LogP contribution in [0.15, 0.2) is 18.2 Å². The van der Waals surface area contributed by atoms with E-state index in [2.05, 4.69) is 0 Å². The van der Waals surface area contributed by atoms with Crippen molar-refractivity contribution in [1.29, 1.82) is 0 Å². The van der Waals surface area contributed by atoms with Crippen LogP contribution in [-0.4, -0.2) is 34.3 Å². The van der Waals surface area contributed by atoms with Crippen LogP contribution in [0, 0.1) is 11.7 Å². The quantitative estimate of drug-likeness (QED) is 0.855. The van der Waals surface area contributed by atoms with Gasteiger partial charge in [0, 0.05) is 6.42 Å². The van der Waals surface area contributed by atoms with Crippen LogP contribution in [-0.2, 0) is 20.8 Å². The molecule has 1 aromatic carbocycles. The topological polar surface area (TPSA) is 74.7 Å². The standard InChI is InChI=1S/C13H11ClFNO4/c14-9-4-7(1-2-10(9)15)3-8-5-11(17)16(13(8)20)6-12(18)19/h1-2,4,8H,3,5-6H2,(H,18,19). The van der Waals surface area contributed by atoms with Crippen molar-refractivity contribution in [2.24, 2.45) is 5.92 Å². The van der Waals surface area contributed by atoms with E-state index in [4.69, 9.17) is 16.7 Å². The van der Waals surface area contributed by atoms with Crippen LogP contribution in [0.3, 0.4) is 0 Å². The first-order valence-electron chi connectivity index (χ1n) is 5.88. The molecule has 1 unspecified atom stereocenters. The van der Waals surface area contributed by atoms with Gasteiger partial charge in [0.15, 0.2) is 0 Å². The number of rotatable bonds is 4. The van der Waals surface area contributed by atoms with Gasteiger partial charge in [-0.1, -0.05) is 17.7 Å². The summed E-state index contributed by atoms with van der Waals surface area (Å²) < 4.78 is 13.0.